The Morgan fingerprint density at radius 3 is 2.59 bits per heavy atom. The maximum Gasteiger partial charge on any atom is 0.418 e. The summed E-state index contributed by atoms with van der Waals surface area (Å²) in [5, 5.41) is 6.68. The number of nitrogens with zero attached hydrogens (tertiary/aromatic N) is 4. The van der Waals surface area contributed by atoms with Crippen molar-refractivity contribution in [1.82, 2.24) is 19.3 Å². The van der Waals surface area contributed by atoms with E-state index in [-0.39, 0.29) is 11.1 Å². The molecule has 2 aromatic carbocycles. The number of alkyl halides is 3. The van der Waals surface area contributed by atoms with Crippen LogP contribution in [-0.4, -0.2) is 25.2 Å². The summed E-state index contributed by atoms with van der Waals surface area (Å²) < 4.78 is 42.0. The van der Waals surface area contributed by atoms with Gasteiger partial charge in [0.05, 0.1) is 23.1 Å². The normalized spacial score (nSPS) is 11.7. The van der Waals surface area contributed by atoms with Crippen LogP contribution in [0.3, 0.4) is 0 Å². The highest BCUT2D eigenvalue weighted by molar-refractivity contribution is 5.91. The Bertz CT molecular complexity index is 1390. The van der Waals surface area contributed by atoms with Crippen molar-refractivity contribution >= 4 is 22.6 Å². The molecule has 0 bridgehead atoms. The minimum Gasteiger partial charge on any atom is -0.324 e. The second-order valence-electron chi connectivity index (χ2n) is 7.28. The van der Waals surface area contributed by atoms with E-state index in [9.17, 15) is 22.8 Å². The lowest BCUT2D eigenvalue weighted by Crippen LogP contribution is -2.28. The van der Waals surface area contributed by atoms with Gasteiger partial charge in [-0.25, -0.2) is 9.67 Å². The molecule has 32 heavy (non-hydrogen) atoms. The Kier molecular flexibility index (Phi) is 5.29. The van der Waals surface area contributed by atoms with Crippen molar-refractivity contribution in [3.63, 3.8) is 0 Å². The van der Waals surface area contributed by atoms with Gasteiger partial charge in [-0.15, -0.1) is 0 Å². The number of halogens is 3. The SMILES string of the molecule is Cc1cccc(-n2ncc3c(=O)n(CC(=O)Nc4ccccc4C(F)(F)F)cnc32)c1C. The zero-order valence-corrected chi connectivity index (χ0v) is 17.1. The third-order valence-electron chi connectivity index (χ3n) is 5.18. The molecular weight excluding hydrogens is 423 g/mol. The first-order chi connectivity index (χ1) is 15.2. The number of fused-ring (bicyclic) bond motifs is 1. The number of carbonyl (C=O) groups excluding carboxylic acids is 1. The molecule has 4 rings (SSSR count). The minimum atomic E-state index is -4.62. The predicted molar refractivity (Wildman–Crippen MR) is 113 cm³/mol. The average molecular weight is 441 g/mol. The first kappa shape index (κ1) is 21.3. The molecule has 0 fully saturated rings. The Hall–Kier alpha value is -3.95. The van der Waals surface area contributed by atoms with Gasteiger partial charge >= 0.3 is 6.18 Å². The highest BCUT2D eigenvalue weighted by atomic mass is 19.4. The summed E-state index contributed by atoms with van der Waals surface area (Å²) in [4.78, 5) is 29.5. The lowest BCUT2D eigenvalue weighted by Gasteiger charge is -2.14. The number of rotatable bonds is 4. The van der Waals surface area contributed by atoms with E-state index in [0.717, 1.165) is 33.5 Å². The summed E-state index contributed by atoms with van der Waals surface area (Å²) in [6, 6.07) is 10.3. The molecular formula is C22H18F3N5O2. The molecule has 2 aromatic heterocycles. The smallest absolute Gasteiger partial charge is 0.324 e. The Balaban J connectivity index is 1.63. The molecule has 0 aliphatic carbocycles. The van der Waals surface area contributed by atoms with Crippen molar-refractivity contribution in [2.24, 2.45) is 0 Å². The summed E-state index contributed by atoms with van der Waals surface area (Å²) >= 11 is 0. The fourth-order valence-corrected chi connectivity index (χ4v) is 3.39. The quantitative estimate of drug-likeness (QED) is 0.522. The van der Waals surface area contributed by atoms with E-state index in [1.54, 1.807) is 4.68 Å². The third kappa shape index (κ3) is 3.86. The molecule has 0 saturated carbocycles. The molecule has 0 spiro atoms. The van der Waals surface area contributed by atoms with Gasteiger partial charge in [0.1, 0.15) is 18.3 Å². The number of anilines is 1. The molecule has 0 aliphatic rings. The molecule has 164 valence electrons. The summed E-state index contributed by atoms with van der Waals surface area (Å²) in [5.74, 6) is -0.785. The molecule has 1 amide bonds. The van der Waals surface area contributed by atoms with Crippen LogP contribution in [0.15, 0.2) is 59.8 Å². The zero-order valence-electron chi connectivity index (χ0n) is 17.1. The molecule has 10 heteroatoms. The second kappa shape index (κ2) is 7.95. The molecule has 0 aliphatic heterocycles. The third-order valence-corrected chi connectivity index (χ3v) is 5.18. The summed E-state index contributed by atoms with van der Waals surface area (Å²) in [5.41, 5.74) is 1.25. The van der Waals surface area contributed by atoms with Crippen molar-refractivity contribution in [3.05, 3.63) is 82.0 Å². The van der Waals surface area contributed by atoms with Crippen LogP contribution in [-0.2, 0) is 17.5 Å². The van der Waals surface area contributed by atoms with E-state index in [0.29, 0.717) is 5.65 Å². The maximum absolute atomic E-state index is 13.1. The number of para-hydroxylation sites is 1. The zero-order chi connectivity index (χ0) is 23.0. The maximum atomic E-state index is 13.1. The van der Waals surface area contributed by atoms with Crippen molar-refractivity contribution in [2.45, 2.75) is 26.6 Å². The van der Waals surface area contributed by atoms with Crippen LogP contribution in [0.5, 0.6) is 0 Å². The van der Waals surface area contributed by atoms with Gasteiger partial charge in [0.15, 0.2) is 5.65 Å². The number of nitrogens with one attached hydrogen (secondary N) is 1. The second-order valence-corrected chi connectivity index (χ2v) is 7.28. The minimum absolute atomic E-state index is 0.192. The van der Waals surface area contributed by atoms with Crippen LogP contribution in [0.2, 0.25) is 0 Å². The van der Waals surface area contributed by atoms with Crippen LogP contribution in [0.1, 0.15) is 16.7 Å². The van der Waals surface area contributed by atoms with Crippen LogP contribution < -0.4 is 10.9 Å². The molecule has 0 saturated heterocycles. The van der Waals surface area contributed by atoms with Crippen molar-refractivity contribution in [1.29, 1.82) is 0 Å². The highest BCUT2D eigenvalue weighted by Crippen LogP contribution is 2.34. The van der Waals surface area contributed by atoms with E-state index in [1.807, 2.05) is 32.0 Å². The Morgan fingerprint density at radius 1 is 1.09 bits per heavy atom. The number of aromatic nitrogens is 4. The van der Waals surface area contributed by atoms with Gasteiger partial charge in [-0.05, 0) is 43.2 Å². The van der Waals surface area contributed by atoms with E-state index in [1.165, 1.54) is 24.7 Å². The summed E-state index contributed by atoms with van der Waals surface area (Å²) in [6.45, 7) is 3.39. The first-order valence-corrected chi connectivity index (χ1v) is 9.62. The van der Waals surface area contributed by atoms with Gasteiger partial charge in [-0.2, -0.15) is 18.3 Å². The van der Waals surface area contributed by atoms with Crippen molar-refractivity contribution < 1.29 is 18.0 Å². The van der Waals surface area contributed by atoms with Crippen LogP contribution in [0.4, 0.5) is 18.9 Å². The molecule has 2 heterocycles. The Morgan fingerprint density at radius 2 is 1.84 bits per heavy atom. The lowest BCUT2D eigenvalue weighted by molar-refractivity contribution is -0.137. The van der Waals surface area contributed by atoms with Gasteiger partial charge in [-0.1, -0.05) is 24.3 Å². The molecule has 7 nitrogen and oxygen atoms in total. The number of carbonyl (C=O) groups is 1. The summed E-state index contributed by atoms with van der Waals surface area (Å²) in [6.07, 6.45) is -2.08. The van der Waals surface area contributed by atoms with Crippen LogP contribution >= 0.6 is 0 Å². The van der Waals surface area contributed by atoms with Gasteiger partial charge < -0.3 is 5.32 Å². The largest absolute Gasteiger partial charge is 0.418 e. The molecule has 0 radical (unpaired) electrons. The standard InChI is InChI=1S/C22H18F3N5O2/c1-13-6-5-9-18(14(13)2)30-20-15(10-27-30)21(32)29(12-26-20)11-19(31)28-17-8-4-3-7-16(17)22(23,24)25/h3-10,12H,11H2,1-2H3,(H,28,31). The van der Waals surface area contributed by atoms with Crippen LogP contribution in [0.25, 0.3) is 16.7 Å². The summed E-state index contributed by atoms with van der Waals surface area (Å²) in [7, 11) is 0. The molecule has 1 N–H and O–H groups in total. The van der Waals surface area contributed by atoms with E-state index >= 15 is 0 Å². The molecule has 0 unspecified atom stereocenters. The van der Waals surface area contributed by atoms with E-state index < -0.39 is 29.8 Å². The monoisotopic (exact) mass is 441 g/mol. The van der Waals surface area contributed by atoms with E-state index in [2.05, 4.69) is 15.4 Å². The van der Waals surface area contributed by atoms with Gasteiger partial charge in [0, 0.05) is 0 Å². The van der Waals surface area contributed by atoms with Crippen molar-refractivity contribution in [3.8, 4) is 5.69 Å². The lowest BCUT2D eigenvalue weighted by atomic mass is 10.1. The average Bonchev–Trinajstić information content (AvgIpc) is 3.16. The van der Waals surface area contributed by atoms with Gasteiger partial charge in [-0.3, -0.25) is 14.2 Å². The fourth-order valence-electron chi connectivity index (χ4n) is 3.39. The van der Waals surface area contributed by atoms with Crippen molar-refractivity contribution in [2.75, 3.05) is 5.32 Å². The number of hydrogen-bond acceptors (Lipinski definition) is 4. The van der Waals surface area contributed by atoms with Gasteiger partial charge in [0.2, 0.25) is 5.91 Å². The van der Waals surface area contributed by atoms with Gasteiger partial charge in [0.25, 0.3) is 5.56 Å². The number of amides is 1. The first-order valence-electron chi connectivity index (χ1n) is 9.62. The van der Waals surface area contributed by atoms with Crippen LogP contribution in [0, 0.1) is 13.8 Å². The number of aryl methyl sites for hydroxylation is 1. The fraction of sp³-hybridized carbons (Fsp3) is 0.182. The number of hydrogen-bond donors (Lipinski definition) is 1. The molecule has 4 aromatic rings. The number of benzene rings is 2. The highest BCUT2D eigenvalue weighted by Gasteiger charge is 2.33. The Labute approximate surface area is 180 Å². The molecule has 0 atom stereocenters. The predicted octanol–water partition coefficient (Wildman–Crippen LogP) is 3.86. The topological polar surface area (TPSA) is 81.8 Å². The van der Waals surface area contributed by atoms with E-state index in [4.69, 9.17) is 0 Å².